The molecular formula is C18H20BN3O2. The van der Waals surface area contributed by atoms with Crippen LogP contribution in [0.2, 0.25) is 0 Å². The summed E-state index contributed by atoms with van der Waals surface area (Å²) in [6.45, 7) is 4.04. The number of benzene rings is 1. The molecule has 1 N–H and O–H groups in total. The van der Waals surface area contributed by atoms with Crippen LogP contribution in [0.5, 0.6) is 0 Å². The van der Waals surface area contributed by atoms with Crippen molar-refractivity contribution in [3.63, 3.8) is 0 Å². The van der Waals surface area contributed by atoms with E-state index in [2.05, 4.69) is 15.2 Å². The van der Waals surface area contributed by atoms with Gasteiger partial charge in [-0.2, -0.15) is 0 Å². The second-order valence-electron chi connectivity index (χ2n) is 5.81. The third-order valence-electron chi connectivity index (χ3n) is 4.28. The zero-order valence-electron chi connectivity index (χ0n) is 13.5. The van der Waals surface area contributed by atoms with E-state index in [1.807, 2.05) is 36.4 Å². The zero-order chi connectivity index (χ0) is 16.8. The average Bonchev–Trinajstić information content (AvgIpc) is 2.63. The number of carbonyl (C=O) groups is 1. The quantitative estimate of drug-likeness (QED) is 0.627. The number of amides is 1. The van der Waals surface area contributed by atoms with Gasteiger partial charge in [0.1, 0.15) is 7.85 Å². The van der Waals surface area contributed by atoms with Gasteiger partial charge in [0.15, 0.2) is 0 Å². The normalized spacial score (nSPS) is 16.5. The number of rotatable bonds is 6. The molecule has 5 nitrogen and oxygen atoms in total. The highest BCUT2D eigenvalue weighted by molar-refractivity contribution is 6.34. The van der Waals surface area contributed by atoms with E-state index in [0.717, 1.165) is 55.9 Å². The van der Waals surface area contributed by atoms with Crippen LogP contribution in [0.15, 0.2) is 42.6 Å². The number of hydrogen-bond donors (Lipinski definition) is 1. The number of nitrogens with zero attached hydrogens (tertiary/aromatic N) is 2. The van der Waals surface area contributed by atoms with Gasteiger partial charge in [0, 0.05) is 25.8 Å². The maximum absolute atomic E-state index is 11.0. The first-order valence-corrected chi connectivity index (χ1v) is 8.08. The molecule has 0 spiro atoms. The van der Waals surface area contributed by atoms with Gasteiger partial charge in [-0.1, -0.05) is 30.3 Å². The molecule has 1 fully saturated rings. The number of carbonyl (C=O) groups excluding carboxylic acids is 1. The van der Waals surface area contributed by atoms with Gasteiger partial charge >= 0.3 is 0 Å². The van der Waals surface area contributed by atoms with Gasteiger partial charge in [-0.25, -0.2) is 0 Å². The van der Waals surface area contributed by atoms with E-state index in [0.29, 0.717) is 5.59 Å². The van der Waals surface area contributed by atoms with E-state index in [9.17, 15) is 4.79 Å². The maximum Gasteiger partial charge on any atom is 0.207 e. The van der Waals surface area contributed by atoms with Crippen molar-refractivity contribution in [2.75, 3.05) is 32.8 Å². The predicted octanol–water partition coefficient (Wildman–Crippen LogP) is 0.662. The minimum Gasteiger partial charge on any atom is -0.379 e. The monoisotopic (exact) mass is 321 g/mol. The van der Waals surface area contributed by atoms with E-state index < -0.39 is 0 Å². The molecule has 6 heteroatoms. The van der Waals surface area contributed by atoms with Crippen molar-refractivity contribution in [3.05, 3.63) is 48.2 Å². The van der Waals surface area contributed by atoms with Crippen molar-refractivity contribution in [1.29, 1.82) is 0 Å². The number of ether oxygens (including phenoxy) is 1. The van der Waals surface area contributed by atoms with Gasteiger partial charge in [0.25, 0.3) is 0 Å². The molecule has 1 aromatic heterocycles. The molecular weight excluding hydrogens is 301 g/mol. The lowest BCUT2D eigenvalue weighted by Crippen LogP contribution is -2.41. The van der Waals surface area contributed by atoms with Crippen LogP contribution in [0.1, 0.15) is 11.6 Å². The molecule has 2 aromatic rings. The largest absolute Gasteiger partial charge is 0.379 e. The number of hydrogen-bond acceptors (Lipinski definition) is 4. The van der Waals surface area contributed by atoms with Crippen LogP contribution >= 0.6 is 0 Å². The van der Waals surface area contributed by atoms with Gasteiger partial charge in [0.05, 0.1) is 19.3 Å². The molecule has 1 amide bonds. The summed E-state index contributed by atoms with van der Waals surface area (Å²) in [5.41, 5.74) is 3.51. The summed E-state index contributed by atoms with van der Waals surface area (Å²) in [4.78, 5) is 17.4. The molecule has 2 heterocycles. The molecule has 0 saturated carbocycles. The summed E-state index contributed by atoms with van der Waals surface area (Å²) in [7, 11) is 5.93. The van der Waals surface area contributed by atoms with Gasteiger partial charge < -0.3 is 10.1 Å². The van der Waals surface area contributed by atoms with Crippen LogP contribution in [0.4, 0.5) is 0 Å². The Bertz CT molecular complexity index is 672. The molecule has 24 heavy (non-hydrogen) atoms. The topological polar surface area (TPSA) is 54.5 Å². The lowest BCUT2D eigenvalue weighted by molar-refractivity contribution is -0.110. The smallest absolute Gasteiger partial charge is 0.207 e. The Morgan fingerprint density at radius 1 is 1.25 bits per heavy atom. The van der Waals surface area contributed by atoms with Crippen molar-refractivity contribution < 1.29 is 9.53 Å². The standard InChI is InChI=1S/C18H20BN3O2/c19-18-16(2-1-7-20-18)14-3-5-15(6-4-14)17(21-13-23)12-22-8-10-24-11-9-22/h1-7,13,17H,8-12H2,(H,21,23). The first-order valence-electron chi connectivity index (χ1n) is 8.08. The van der Waals surface area contributed by atoms with Crippen LogP contribution in [0, 0.1) is 0 Å². The third kappa shape index (κ3) is 4.02. The molecule has 3 rings (SSSR count). The summed E-state index contributed by atoms with van der Waals surface area (Å²) in [6, 6.07) is 11.9. The van der Waals surface area contributed by atoms with E-state index in [1.54, 1.807) is 6.20 Å². The summed E-state index contributed by atoms with van der Waals surface area (Å²) in [6.07, 6.45) is 2.44. The molecule has 1 aliphatic rings. The summed E-state index contributed by atoms with van der Waals surface area (Å²) in [5.74, 6) is 0. The molecule has 1 saturated heterocycles. The van der Waals surface area contributed by atoms with E-state index in [-0.39, 0.29) is 6.04 Å². The highest BCUT2D eigenvalue weighted by Crippen LogP contribution is 2.21. The first kappa shape index (κ1) is 16.7. The van der Waals surface area contributed by atoms with Crippen molar-refractivity contribution in [3.8, 4) is 11.1 Å². The molecule has 1 aliphatic heterocycles. The number of nitrogens with one attached hydrogen (secondary N) is 1. The van der Waals surface area contributed by atoms with Gasteiger partial charge in [-0.3, -0.25) is 14.7 Å². The van der Waals surface area contributed by atoms with E-state index >= 15 is 0 Å². The summed E-state index contributed by atoms with van der Waals surface area (Å²) >= 11 is 0. The zero-order valence-corrected chi connectivity index (χ0v) is 13.5. The highest BCUT2D eigenvalue weighted by atomic mass is 16.5. The second-order valence-corrected chi connectivity index (χ2v) is 5.81. The van der Waals surface area contributed by atoms with Crippen LogP contribution in [-0.4, -0.2) is 57.0 Å². The van der Waals surface area contributed by atoms with Crippen molar-refractivity contribution in [1.82, 2.24) is 15.2 Å². The Morgan fingerprint density at radius 3 is 2.67 bits per heavy atom. The predicted molar refractivity (Wildman–Crippen MR) is 94.3 cm³/mol. The average molecular weight is 321 g/mol. The molecule has 0 aliphatic carbocycles. The highest BCUT2D eigenvalue weighted by Gasteiger charge is 2.18. The van der Waals surface area contributed by atoms with Gasteiger partial charge in [-0.05, 0) is 28.4 Å². The molecule has 1 atom stereocenters. The van der Waals surface area contributed by atoms with Crippen LogP contribution in [0.3, 0.4) is 0 Å². The Labute approximate surface area is 143 Å². The fourth-order valence-electron chi connectivity index (χ4n) is 2.94. The Balaban J connectivity index is 1.76. The minimum absolute atomic E-state index is 0.0408. The fourth-order valence-corrected chi connectivity index (χ4v) is 2.94. The number of aromatic nitrogens is 1. The third-order valence-corrected chi connectivity index (χ3v) is 4.28. The maximum atomic E-state index is 11.0. The molecule has 0 bridgehead atoms. The Kier molecular flexibility index (Phi) is 5.61. The lowest BCUT2D eigenvalue weighted by Gasteiger charge is -2.30. The van der Waals surface area contributed by atoms with Crippen molar-refractivity contribution in [2.24, 2.45) is 0 Å². The van der Waals surface area contributed by atoms with Crippen LogP contribution < -0.4 is 10.9 Å². The van der Waals surface area contributed by atoms with Crippen molar-refractivity contribution >= 4 is 19.8 Å². The molecule has 1 aromatic carbocycles. The Hall–Kier alpha value is -2.18. The number of pyridine rings is 1. The number of morpholine rings is 1. The van der Waals surface area contributed by atoms with Crippen molar-refractivity contribution in [2.45, 2.75) is 6.04 Å². The molecule has 122 valence electrons. The Morgan fingerprint density at radius 2 is 2.00 bits per heavy atom. The van der Waals surface area contributed by atoms with Gasteiger partial charge in [-0.15, -0.1) is 0 Å². The van der Waals surface area contributed by atoms with Crippen LogP contribution in [0.25, 0.3) is 11.1 Å². The fraction of sp³-hybridized carbons (Fsp3) is 0.333. The second kappa shape index (κ2) is 8.08. The summed E-state index contributed by atoms with van der Waals surface area (Å²) in [5, 5.41) is 2.92. The van der Waals surface area contributed by atoms with Gasteiger partial charge in [0.2, 0.25) is 6.41 Å². The van der Waals surface area contributed by atoms with E-state index in [4.69, 9.17) is 12.6 Å². The molecule has 1 unspecified atom stereocenters. The molecule has 2 radical (unpaired) electrons. The van der Waals surface area contributed by atoms with E-state index in [1.165, 1.54) is 0 Å². The first-order chi connectivity index (χ1) is 11.8. The summed E-state index contributed by atoms with van der Waals surface area (Å²) < 4.78 is 5.37. The SMILES string of the molecule is [B]c1ncccc1-c1ccc(C(CN2CCOCC2)NC=O)cc1. The lowest BCUT2D eigenvalue weighted by atomic mass is 9.92. The van der Waals surface area contributed by atoms with Crippen LogP contribution in [-0.2, 0) is 9.53 Å². The minimum atomic E-state index is -0.0408.